The maximum absolute atomic E-state index is 14.9. The van der Waals surface area contributed by atoms with Crippen LogP contribution >= 0.6 is 0 Å². The number of nitrogens with one attached hydrogen (secondary N) is 2. The molecule has 2 saturated heterocycles. The molecule has 2 aromatic heterocycles. The Hall–Kier alpha value is -5.54. The number of cyclic esters (lactones) is 1. The van der Waals surface area contributed by atoms with Crippen molar-refractivity contribution in [3.8, 4) is 22.4 Å². The summed E-state index contributed by atoms with van der Waals surface area (Å²) in [6.45, 7) is 17.0. The number of hydrogen-bond acceptors (Lipinski definition) is 10. The molecule has 2 fully saturated rings. The van der Waals surface area contributed by atoms with Crippen molar-refractivity contribution < 1.29 is 37.4 Å². The molecule has 13 nitrogen and oxygen atoms in total. The molecule has 0 aliphatic carbocycles. The van der Waals surface area contributed by atoms with E-state index in [4.69, 9.17) is 19.2 Å². The molecule has 2 aromatic carbocycles. The Labute approximate surface area is 386 Å². The van der Waals surface area contributed by atoms with Crippen LogP contribution in [0.4, 0.5) is 19.3 Å². The van der Waals surface area contributed by atoms with Crippen LogP contribution in [0.3, 0.4) is 0 Å². The Morgan fingerprint density at radius 1 is 1.06 bits per heavy atom. The molecule has 0 radical (unpaired) electrons. The number of amides is 2. The smallest absolute Gasteiger partial charge is 0.408 e. The van der Waals surface area contributed by atoms with E-state index in [1.54, 1.807) is 27.9 Å². The van der Waals surface area contributed by atoms with Crippen LogP contribution in [0.5, 0.6) is 0 Å². The average molecular weight is 910 g/mol. The number of ether oxygens (including phenoxy) is 3. The molecule has 0 unspecified atom stereocenters. The molecule has 4 aliphatic heterocycles. The Kier molecular flexibility index (Phi) is 13.5. The number of carbonyl (C=O) groups is 3. The second-order valence-electron chi connectivity index (χ2n) is 20.0. The number of nitrogens with zero attached hydrogens (tertiary/aromatic N) is 5. The van der Waals surface area contributed by atoms with E-state index in [1.165, 1.54) is 17.1 Å². The summed E-state index contributed by atoms with van der Waals surface area (Å²) in [4.78, 5) is 51.5. The summed E-state index contributed by atoms with van der Waals surface area (Å²) in [5, 5.41) is 4.97. The molecule has 15 heteroatoms. The normalized spacial score (nSPS) is 21.9. The molecule has 6 heterocycles. The number of piperazine rings is 1. The predicted octanol–water partition coefficient (Wildman–Crippen LogP) is 8.89. The molecule has 6 bridgehead atoms. The zero-order valence-electron chi connectivity index (χ0n) is 39.6. The topological polar surface area (TPSA) is 130 Å². The van der Waals surface area contributed by atoms with E-state index in [9.17, 15) is 23.2 Å². The molecule has 2 amide bonds. The van der Waals surface area contributed by atoms with Gasteiger partial charge in [-0.15, -0.1) is 0 Å². The lowest BCUT2D eigenvalue weighted by Gasteiger charge is -2.43. The third-order valence-electron chi connectivity index (χ3n) is 13.3. The Bertz CT molecular complexity index is 2500. The number of aromatic nitrogens is 2. The minimum atomic E-state index is -2.81. The number of hydrazine groups is 1. The van der Waals surface area contributed by atoms with E-state index in [1.807, 2.05) is 31.3 Å². The van der Waals surface area contributed by atoms with Gasteiger partial charge in [-0.05, 0) is 119 Å². The summed E-state index contributed by atoms with van der Waals surface area (Å²) in [6.07, 6.45) is 5.93. The first-order valence-corrected chi connectivity index (χ1v) is 23.4. The number of aryl methyl sites for hydroxylation is 1. The molecule has 2 N–H and O–H groups in total. The molecule has 0 spiro atoms. The lowest BCUT2D eigenvalue weighted by molar-refractivity contribution is -0.155. The number of alkyl halides is 2. The van der Waals surface area contributed by atoms with Gasteiger partial charge in [0, 0.05) is 79.7 Å². The lowest BCUT2D eigenvalue weighted by Crippen LogP contribution is -2.60. The molecule has 4 atom stereocenters. The minimum Gasteiger partial charge on any atom is -0.464 e. The number of benzene rings is 2. The number of hydrogen-bond donors (Lipinski definition) is 2. The molecular weight excluding hydrogens is 845 g/mol. The van der Waals surface area contributed by atoms with Crippen molar-refractivity contribution in [3.05, 3.63) is 83.3 Å². The third-order valence-corrected chi connectivity index (χ3v) is 13.3. The predicted molar refractivity (Wildman–Crippen MR) is 251 cm³/mol. The number of allylic oxidation sites excluding steroid dienone is 1. The number of fused-ring (bicyclic) bond motifs is 7. The van der Waals surface area contributed by atoms with Gasteiger partial charge in [0.05, 0.1) is 36.0 Å². The number of pyridine rings is 1. The van der Waals surface area contributed by atoms with Crippen molar-refractivity contribution in [1.29, 1.82) is 0 Å². The zero-order valence-corrected chi connectivity index (χ0v) is 39.6. The second kappa shape index (κ2) is 19.0. The number of alkyl carbamates (subject to hydrolysis) is 1. The lowest BCUT2D eigenvalue weighted by atomic mass is 9.84. The molecule has 354 valence electrons. The molecule has 8 rings (SSSR count). The fraction of sp³-hybridized carbons (Fsp3) is 0.529. The highest BCUT2D eigenvalue weighted by molar-refractivity contribution is 5.96. The summed E-state index contributed by atoms with van der Waals surface area (Å²) in [6, 6.07) is 11.4. The average Bonchev–Trinajstić information content (AvgIpc) is 3.59. The molecule has 0 saturated carbocycles. The molecular formula is C51H65F2N7O6. The summed E-state index contributed by atoms with van der Waals surface area (Å²) >= 11 is 0. The van der Waals surface area contributed by atoms with Gasteiger partial charge in [0.2, 0.25) is 0 Å². The van der Waals surface area contributed by atoms with Crippen LogP contribution in [0.15, 0.2) is 60.9 Å². The largest absolute Gasteiger partial charge is 0.464 e. The Balaban J connectivity index is 1.31. The highest BCUT2D eigenvalue weighted by atomic mass is 19.3. The van der Waals surface area contributed by atoms with Gasteiger partial charge in [-0.1, -0.05) is 38.1 Å². The number of esters is 1. The van der Waals surface area contributed by atoms with Crippen LogP contribution in [0.25, 0.3) is 33.3 Å². The van der Waals surface area contributed by atoms with Gasteiger partial charge in [0.15, 0.2) is 0 Å². The van der Waals surface area contributed by atoms with E-state index in [2.05, 4.69) is 70.3 Å². The van der Waals surface area contributed by atoms with Crippen molar-refractivity contribution in [2.75, 3.05) is 44.8 Å². The summed E-state index contributed by atoms with van der Waals surface area (Å²) in [5.74, 6) is -1.02. The van der Waals surface area contributed by atoms with E-state index < -0.39 is 47.5 Å². The van der Waals surface area contributed by atoms with Crippen molar-refractivity contribution in [3.63, 3.8) is 0 Å². The van der Waals surface area contributed by atoms with Gasteiger partial charge >= 0.3 is 12.1 Å². The highest BCUT2D eigenvalue weighted by Crippen LogP contribution is 2.43. The highest BCUT2D eigenvalue weighted by Gasteiger charge is 2.37. The fourth-order valence-electron chi connectivity index (χ4n) is 9.95. The number of methoxy groups -OCH3 is 1. The summed E-state index contributed by atoms with van der Waals surface area (Å²) < 4.78 is 49.7. The van der Waals surface area contributed by atoms with Crippen LogP contribution in [-0.4, -0.2) is 101 Å². The first-order valence-electron chi connectivity index (χ1n) is 23.4. The first kappa shape index (κ1) is 47.0. The standard InChI is InChI=1S/C51H65F2N7O6/c1-9-59-43-16-15-33-25-38(43)40(45(59)39-26-37(28-54-44(39)31(2)64-8)58-20-19-57-17-11-10-13-36(57)29-58)27-51(6,7)30-65-48(62)41-14-12-18-60(56-41)47(61)42(55-49(63)66-50(3,4)5)23-32-21-34(33)24-35(22-32)46(52)53/h11,15-17,21-22,24-26,28,31,36,41-42,46,56H,9-10,12-14,18-20,23,27,29-30H2,1-8H3,(H,55,63)/t31-,36+,41-,42-/m0/s1. The maximum Gasteiger partial charge on any atom is 0.408 e. The number of carbonyl (C=O) groups excluding carboxylic acids is 3. The van der Waals surface area contributed by atoms with Gasteiger partial charge in [0.25, 0.3) is 12.3 Å². The minimum absolute atomic E-state index is 0.0816. The SMILES string of the molecule is CCn1c(-c2cc(N3CCN4C=CCC[C@@H]4C3)cnc2[C@H](C)OC)c2c3cc(ccc31)-c1cc(cc(C(F)F)c1)C[C@H](NC(=O)OC(C)(C)C)C(=O)N1CCC[C@H](N1)C(=O)OCC(C)(C)C2. The van der Waals surface area contributed by atoms with E-state index in [-0.39, 0.29) is 31.2 Å². The molecule has 4 aliphatic rings. The van der Waals surface area contributed by atoms with Crippen LogP contribution in [-0.2, 0) is 43.2 Å². The van der Waals surface area contributed by atoms with Gasteiger partial charge in [-0.3, -0.25) is 19.6 Å². The third kappa shape index (κ3) is 10.1. The van der Waals surface area contributed by atoms with Gasteiger partial charge in [-0.25, -0.2) is 19.0 Å². The fourth-order valence-corrected chi connectivity index (χ4v) is 9.95. The Morgan fingerprint density at radius 2 is 1.86 bits per heavy atom. The summed E-state index contributed by atoms with van der Waals surface area (Å²) in [5.41, 5.74) is 8.79. The van der Waals surface area contributed by atoms with Crippen molar-refractivity contribution in [2.24, 2.45) is 5.41 Å². The van der Waals surface area contributed by atoms with Crippen molar-refractivity contribution >= 4 is 34.6 Å². The van der Waals surface area contributed by atoms with Gasteiger partial charge in [-0.2, -0.15) is 0 Å². The van der Waals surface area contributed by atoms with Crippen LogP contribution < -0.4 is 15.6 Å². The zero-order chi connectivity index (χ0) is 47.1. The van der Waals surface area contributed by atoms with Crippen LogP contribution in [0.1, 0.15) is 109 Å². The van der Waals surface area contributed by atoms with E-state index in [0.717, 1.165) is 71.6 Å². The number of anilines is 1. The first-order chi connectivity index (χ1) is 31.4. The Morgan fingerprint density at radius 3 is 2.61 bits per heavy atom. The summed E-state index contributed by atoms with van der Waals surface area (Å²) in [7, 11) is 1.69. The number of rotatable bonds is 7. The van der Waals surface area contributed by atoms with Crippen LogP contribution in [0, 0.1) is 5.41 Å². The maximum atomic E-state index is 14.9. The molecule has 4 aromatic rings. The van der Waals surface area contributed by atoms with Crippen LogP contribution in [0.2, 0.25) is 0 Å². The second-order valence-corrected chi connectivity index (χ2v) is 20.0. The van der Waals surface area contributed by atoms with Gasteiger partial charge in [0.1, 0.15) is 17.7 Å². The van der Waals surface area contributed by atoms with E-state index in [0.29, 0.717) is 48.5 Å². The number of halogens is 2. The van der Waals surface area contributed by atoms with E-state index >= 15 is 0 Å². The van der Waals surface area contributed by atoms with Crippen molar-refractivity contribution in [2.45, 2.75) is 130 Å². The van der Waals surface area contributed by atoms with Gasteiger partial charge < -0.3 is 33.9 Å². The van der Waals surface area contributed by atoms with Crippen molar-refractivity contribution in [1.82, 2.24) is 30.2 Å². The monoisotopic (exact) mass is 909 g/mol. The quantitative estimate of drug-likeness (QED) is 0.174. The molecule has 66 heavy (non-hydrogen) atoms.